The van der Waals surface area contributed by atoms with Crippen LogP contribution in [0.3, 0.4) is 0 Å². The number of carbonyl (C=O) groups excluding carboxylic acids is 1. The normalized spacial score (nSPS) is 15.5. The summed E-state index contributed by atoms with van der Waals surface area (Å²) < 4.78 is 5.02. The Morgan fingerprint density at radius 1 is 1.71 bits per heavy atom. The lowest BCUT2D eigenvalue weighted by atomic mass is 10.3. The van der Waals surface area contributed by atoms with Crippen LogP contribution in [-0.4, -0.2) is 17.6 Å². The number of aryl methyl sites for hydroxylation is 1. The van der Waals surface area contributed by atoms with Gasteiger partial charge in [-0.1, -0.05) is 5.16 Å². The van der Waals surface area contributed by atoms with Gasteiger partial charge in [0.05, 0.1) is 5.69 Å². The van der Waals surface area contributed by atoms with Gasteiger partial charge in [-0.05, 0) is 19.8 Å². The summed E-state index contributed by atoms with van der Waals surface area (Å²) >= 11 is 0. The molecule has 1 fully saturated rings. The Hall–Kier alpha value is -1.32. The molecule has 1 aliphatic carbocycles. The summed E-state index contributed by atoms with van der Waals surface area (Å²) in [5, 5.41) is 6.65. The van der Waals surface area contributed by atoms with Crippen LogP contribution in [0.1, 0.15) is 24.3 Å². The summed E-state index contributed by atoms with van der Waals surface area (Å²) in [6.07, 6.45) is 2.82. The van der Waals surface area contributed by atoms with Crippen molar-refractivity contribution in [1.29, 1.82) is 0 Å². The zero-order valence-corrected chi connectivity index (χ0v) is 8.25. The first-order valence-electron chi connectivity index (χ1n) is 4.95. The zero-order valence-electron chi connectivity index (χ0n) is 8.25. The fourth-order valence-corrected chi connectivity index (χ4v) is 1.33. The van der Waals surface area contributed by atoms with Crippen LogP contribution in [0, 0.1) is 12.8 Å². The van der Waals surface area contributed by atoms with Crippen molar-refractivity contribution in [2.24, 2.45) is 5.92 Å². The first-order chi connectivity index (χ1) is 6.75. The largest absolute Gasteiger partial charge is 0.361 e. The molecule has 1 N–H and O–H groups in total. The smallest absolute Gasteiger partial charge is 0.223 e. The van der Waals surface area contributed by atoms with Gasteiger partial charge in [0.25, 0.3) is 0 Å². The van der Waals surface area contributed by atoms with Crippen LogP contribution >= 0.6 is 0 Å². The molecule has 0 spiro atoms. The minimum atomic E-state index is 0.182. The fraction of sp³-hybridized carbons (Fsp3) is 0.600. The van der Waals surface area contributed by atoms with E-state index < -0.39 is 0 Å². The average Bonchev–Trinajstić information content (AvgIpc) is 2.92. The SMILES string of the molecule is Cc1cc(CCNC(=O)C2CC2)on1. The van der Waals surface area contributed by atoms with Gasteiger partial charge < -0.3 is 9.84 Å². The van der Waals surface area contributed by atoms with E-state index >= 15 is 0 Å². The number of hydrogen-bond acceptors (Lipinski definition) is 3. The Kier molecular flexibility index (Phi) is 2.52. The van der Waals surface area contributed by atoms with Crippen molar-refractivity contribution in [3.63, 3.8) is 0 Å². The molecule has 0 aliphatic heterocycles. The number of hydrogen-bond donors (Lipinski definition) is 1. The monoisotopic (exact) mass is 194 g/mol. The first kappa shape index (κ1) is 9.24. The second-order valence-electron chi connectivity index (χ2n) is 3.75. The van der Waals surface area contributed by atoms with Gasteiger partial charge in [-0.2, -0.15) is 0 Å². The predicted octanol–water partition coefficient (Wildman–Crippen LogP) is 1.05. The highest BCUT2D eigenvalue weighted by Crippen LogP contribution is 2.28. The van der Waals surface area contributed by atoms with Gasteiger partial charge in [0.15, 0.2) is 0 Å². The molecule has 4 nitrogen and oxygen atoms in total. The number of rotatable bonds is 4. The van der Waals surface area contributed by atoms with Gasteiger partial charge >= 0.3 is 0 Å². The van der Waals surface area contributed by atoms with Gasteiger partial charge in [-0.25, -0.2) is 0 Å². The number of carbonyl (C=O) groups is 1. The third-order valence-corrected chi connectivity index (χ3v) is 2.30. The molecular weight excluding hydrogens is 180 g/mol. The number of nitrogens with zero attached hydrogens (tertiary/aromatic N) is 1. The molecule has 0 unspecified atom stereocenters. The molecule has 0 aromatic carbocycles. The van der Waals surface area contributed by atoms with Crippen LogP contribution in [0.25, 0.3) is 0 Å². The first-order valence-corrected chi connectivity index (χ1v) is 4.95. The van der Waals surface area contributed by atoms with Crippen LogP contribution < -0.4 is 5.32 Å². The van der Waals surface area contributed by atoms with E-state index in [0.717, 1.165) is 30.7 Å². The predicted molar refractivity (Wildman–Crippen MR) is 50.7 cm³/mol. The molecule has 0 atom stereocenters. The Labute approximate surface area is 82.7 Å². The van der Waals surface area contributed by atoms with Gasteiger partial charge in [0, 0.05) is 24.9 Å². The van der Waals surface area contributed by atoms with Crippen LogP contribution in [0.2, 0.25) is 0 Å². The lowest BCUT2D eigenvalue weighted by Crippen LogP contribution is -2.26. The van der Waals surface area contributed by atoms with Gasteiger partial charge in [0.1, 0.15) is 5.76 Å². The molecule has 0 bridgehead atoms. The Balaban J connectivity index is 1.69. The van der Waals surface area contributed by atoms with Crippen molar-refractivity contribution in [1.82, 2.24) is 10.5 Å². The highest BCUT2D eigenvalue weighted by Gasteiger charge is 2.29. The van der Waals surface area contributed by atoms with Crippen molar-refractivity contribution in [2.75, 3.05) is 6.54 Å². The molecule has 0 radical (unpaired) electrons. The minimum absolute atomic E-state index is 0.182. The standard InChI is InChI=1S/C10H14N2O2/c1-7-6-9(14-12-7)4-5-11-10(13)8-2-3-8/h6,8H,2-5H2,1H3,(H,11,13). The number of nitrogens with one attached hydrogen (secondary N) is 1. The van der Waals surface area contributed by atoms with Gasteiger partial charge in [0.2, 0.25) is 5.91 Å². The topological polar surface area (TPSA) is 55.1 Å². The molecule has 14 heavy (non-hydrogen) atoms. The number of aromatic nitrogens is 1. The van der Waals surface area contributed by atoms with Crippen LogP contribution in [-0.2, 0) is 11.2 Å². The second kappa shape index (κ2) is 3.82. The summed E-state index contributed by atoms with van der Waals surface area (Å²) in [6, 6.07) is 1.89. The van der Waals surface area contributed by atoms with Crippen molar-refractivity contribution in [3.8, 4) is 0 Å². The van der Waals surface area contributed by atoms with E-state index in [1.54, 1.807) is 0 Å². The lowest BCUT2D eigenvalue weighted by Gasteiger charge is -2.00. The third-order valence-electron chi connectivity index (χ3n) is 2.30. The molecular formula is C10H14N2O2. The molecule has 1 aliphatic rings. The minimum Gasteiger partial charge on any atom is -0.361 e. The molecule has 1 aromatic rings. The molecule has 0 saturated heterocycles. The molecule has 1 saturated carbocycles. The maximum atomic E-state index is 11.2. The average molecular weight is 194 g/mol. The Morgan fingerprint density at radius 3 is 3.07 bits per heavy atom. The van der Waals surface area contributed by atoms with E-state index in [-0.39, 0.29) is 11.8 Å². The molecule has 76 valence electrons. The van der Waals surface area contributed by atoms with Crippen LogP contribution in [0.4, 0.5) is 0 Å². The van der Waals surface area contributed by atoms with E-state index in [1.165, 1.54) is 0 Å². The van der Waals surface area contributed by atoms with Crippen LogP contribution in [0.5, 0.6) is 0 Å². The van der Waals surface area contributed by atoms with E-state index in [4.69, 9.17) is 4.52 Å². The summed E-state index contributed by atoms with van der Waals surface area (Å²) in [6.45, 7) is 2.53. The lowest BCUT2D eigenvalue weighted by molar-refractivity contribution is -0.122. The highest BCUT2D eigenvalue weighted by atomic mass is 16.5. The maximum absolute atomic E-state index is 11.2. The van der Waals surface area contributed by atoms with Crippen molar-refractivity contribution in [3.05, 3.63) is 17.5 Å². The van der Waals surface area contributed by atoms with Crippen molar-refractivity contribution >= 4 is 5.91 Å². The summed E-state index contributed by atoms with van der Waals surface area (Å²) in [4.78, 5) is 11.2. The Morgan fingerprint density at radius 2 is 2.50 bits per heavy atom. The molecule has 4 heteroatoms. The summed E-state index contributed by atoms with van der Waals surface area (Å²) in [7, 11) is 0. The molecule has 1 amide bonds. The quantitative estimate of drug-likeness (QED) is 0.779. The zero-order chi connectivity index (χ0) is 9.97. The van der Waals surface area contributed by atoms with Crippen molar-refractivity contribution < 1.29 is 9.32 Å². The molecule has 1 aromatic heterocycles. The van der Waals surface area contributed by atoms with Crippen molar-refractivity contribution in [2.45, 2.75) is 26.2 Å². The summed E-state index contributed by atoms with van der Waals surface area (Å²) in [5.74, 6) is 1.30. The van der Waals surface area contributed by atoms with E-state index in [0.29, 0.717) is 6.54 Å². The fourth-order valence-electron chi connectivity index (χ4n) is 1.33. The van der Waals surface area contributed by atoms with Gasteiger partial charge in [-0.15, -0.1) is 0 Å². The molecule has 2 rings (SSSR count). The Bertz CT molecular complexity index is 329. The van der Waals surface area contributed by atoms with E-state index in [2.05, 4.69) is 10.5 Å². The third kappa shape index (κ3) is 2.34. The van der Waals surface area contributed by atoms with Crippen LogP contribution in [0.15, 0.2) is 10.6 Å². The second-order valence-corrected chi connectivity index (χ2v) is 3.75. The van der Waals surface area contributed by atoms with Gasteiger partial charge in [-0.3, -0.25) is 4.79 Å². The summed E-state index contributed by atoms with van der Waals surface area (Å²) in [5.41, 5.74) is 0.883. The maximum Gasteiger partial charge on any atom is 0.223 e. The van der Waals surface area contributed by atoms with E-state index in [9.17, 15) is 4.79 Å². The number of amides is 1. The van der Waals surface area contributed by atoms with E-state index in [1.807, 2.05) is 13.0 Å². The molecule has 1 heterocycles. The highest BCUT2D eigenvalue weighted by molar-refractivity contribution is 5.80.